The average Bonchev–Trinajstić information content (AvgIpc) is 2.81. The van der Waals surface area contributed by atoms with Gasteiger partial charge in [-0.1, -0.05) is 81.4 Å². The molecule has 0 radical (unpaired) electrons. The van der Waals surface area contributed by atoms with Crippen LogP contribution in [0.15, 0.2) is 60.7 Å². The van der Waals surface area contributed by atoms with E-state index in [1.54, 1.807) is 13.8 Å². The molecule has 8 heteroatoms. The molecule has 0 saturated carbocycles. The molecule has 2 aromatic carbocycles. The molecular weight excluding hydrogens is 512 g/mol. The number of hydrogen-bond donors (Lipinski definition) is 2. The third-order valence-corrected chi connectivity index (χ3v) is 12.0. The molecule has 7 nitrogen and oxygen atoms in total. The molecule has 0 aliphatic heterocycles. The summed E-state index contributed by atoms with van der Waals surface area (Å²) < 4.78 is 19.4. The van der Waals surface area contributed by atoms with Gasteiger partial charge in [-0.3, -0.25) is 9.59 Å². The standard InChI is InChI=1S/C31H46O7Si/c1-29(2,3)39(6,7)38-26(18-30(4,20-27(32)33)36-22-24-14-10-8-11-15-24)19-31(5,21-28(34)35)37-23-25-16-12-9-13-17-25/h8-17,26H,18-23H2,1-7H3,(H,32,33)(H,34,35)/t30-,31-/m1/s1. The van der Waals surface area contributed by atoms with Gasteiger partial charge in [0.2, 0.25) is 0 Å². The lowest BCUT2D eigenvalue weighted by Gasteiger charge is -2.44. The Morgan fingerprint density at radius 2 is 1.08 bits per heavy atom. The number of benzene rings is 2. The molecule has 2 aromatic rings. The summed E-state index contributed by atoms with van der Waals surface area (Å²) in [7, 11) is -2.33. The first-order valence-corrected chi connectivity index (χ1v) is 16.4. The van der Waals surface area contributed by atoms with Gasteiger partial charge in [-0.25, -0.2) is 0 Å². The largest absolute Gasteiger partial charge is 0.481 e. The van der Waals surface area contributed by atoms with Crippen molar-refractivity contribution in [3.05, 3.63) is 71.8 Å². The van der Waals surface area contributed by atoms with Crippen LogP contribution in [0, 0.1) is 0 Å². The topological polar surface area (TPSA) is 102 Å². The number of hydrogen-bond acceptors (Lipinski definition) is 5. The second kappa shape index (κ2) is 13.7. The summed E-state index contributed by atoms with van der Waals surface area (Å²) in [6.07, 6.45) is -0.341. The molecule has 0 saturated heterocycles. The molecule has 0 heterocycles. The molecule has 0 unspecified atom stereocenters. The summed E-state index contributed by atoms with van der Waals surface area (Å²) in [6, 6.07) is 19.2. The fraction of sp³-hybridized carbons (Fsp3) is 0.548. The van der Waals surface area contributed by atoms with E-state index in [4.69, 9.17) is 13.9 Å². The predicted molar refractivity (Wildman–Crippen MR) is 155 cm³/mol. The summed E-state index contributed by atoms with van der Waals surface area (Å²) in [4.78, 5) is 23.9. The SMILES string of the molecule is CC(C)(C)[Si](C)(C)OC(C[C@](C)(CC(=O)O)OCc1ccccc1)C[C@](C)(CC(=O)O)OCc1ccccc1. The van der Waals surface area contributed by atoms with Gasteiger partial charge in [0.1, 0.15) is 0 Å². The van der Waals surface area contributed by atoms with Crippen LogP contribution < -0.4 is 0 Å². The molecule has 216 valence electrons. The van der Waals surface area contributed by atoms with Gasteiger partial charge in [0.15, 0.2) is 8.32 Å². The molecule has 0 spiro atoms. The van der Waals surface area contributed by atoms with Gasteiger partial charge < -0.3 is 24.1 Å². The summed E-state index contributed by atoms with van der Waals surface area (Å²) in [5, 5.41) is 19.4. The van der Waals surface area contributed by atoms with E-state index in [-0.39, 0.29) is 43.9 Å². The molecule has 0 bridgehead atoms. The van der Waals surface area contributed by atoms with Crippen LogP contribution in [0.3, 0.4) is 0 Å². The Hall–Kier alpha value is -2.52. The lowest BCUT2D eigenvalue weighted by molar-refractivity contribution is -0.151. The van der Waals surface area contributed by atoms with Crippen LogP contribution in [-0.2, 0) is 36.7 Å². The van der Waals surface area contributed by atoms with Crippen molar-refractivity contribution < 1.29 is 33.7 Å². The van der Waals surface area contributed by atoms with Crippen LogP contribution in [0.1, 0.15) is 71.4 Å². The molecule has 2 N–H and O–H groups in total. The highest BCUT2D eigenvalue weighted by atomic mass is 28.4. The smallest absolute Gasteiger partial charge is 0.306 e. The second-order valence-corrected chi connectivity index (χ2v) is 17.3. The number of aliphatic carboxylic acids is 2. The third-order valence-electron chi connectivity index (χ3n) is 7.50. The van der Waals surface area contributed by atoms with E-state index in [1.165, 1.54) is 0 Å². The predicted octanol–water partition coefficient (Wildman–Crippen LogP) is 7.06. The molecule has 0 aromatic heterocycles. The van der Waals surface area contributed by atoms with Gasteiger partial charge >= 0.3 is 11.9 Å². The van der Waals surface area contributed by atoms with Crippen LogP contribution in [0.2, 0.25) is 18.1 Å². The van der Waals surface area contributed by atoms with E-state index in [1.807, 2.05) is 60.7 Å². The highest BCUT2D eigenvalue weighted by molar-refractivity contribution is 6.74. The first kappa shape index (κ1) is 32.7. The molecule has 0 fully saturated rings. The number of carboxylic acid groups (broad SMARTS) is 2. The van der Waals surface area contributed by atoms with E-state index < -0.39 is 37.6 Å². The van der Waals surface area contributed by atoms with Crippen molar-refractivity contribution in [2.45, 2.75) is 109 Å². The quantitative estimate of drug-likeness (QED) is 0.213. The lowest BCUT2D eigenvalue weighted by Crippen LogP contribution is -2.49. The zero-order valence-electron chi connectivity index (χ0n) is 24.5. The normalized spacial score (nSPS) is 15.5. The number of carbonyl (C=O) groups is 2. The Kier molecular flexibility index (Phi) is 11.5. The first-order valence-electron chi connectivity index (χ1n) is 13.5. The van der Waals surface area contributed by atoms with Crippen LogP contribution >= 0.6 is 0 Å². The number of ether oxygens (including phenoxy) is 2. The van der Waals surface area contributed by atoms with Crippen molar-refractivity contribution in [1.82, 2.24) is 0 Å². The molecule has 0 aliphatic rings. The molecule has 2 rings (SSSR count). The number of carboxylic acids is 2. The van der Waals surface area contributed by atoms with Crippen LogP contribution in [0.4, 0.5) is 0 Å². The molecule has 2 atom stereocenters. The van der Waals surface area contributed by atoms with Crippen LogP contribution in [0.5, 0.6) is 0 Å². The average molecular weight is 559 g/mol. The Balaban J connectivity index is 2.38. The zero-order chi connectivity index (χ0) is 29.3. The Bertz CT molecular complexity index is 980. The fourth-order valence-corrected chi connectivity index (χ4v) is 5.73. The minimum Gasteiger partial charge on any atom is -0.481 e. The van der Waals surface area contributed by atoms with Crippen molar-refractivity contribution in [3.63, 3.8) is 0 Å². The van der Waals surface area contributed by atoms with Gasteiger partial charge in [-0.05, 0) is 43.1 Å². The van der Waals surface area contributed by atoms with E-state index in [0.29, 0.717) is 0 Å². The first-order chi connectivity index (χ1) is 18.0. The van der Waals surface area contributed by atoms with Crippen molar-refractivity contribution in [1.29, 1.82) is 0 Å². The van der Waals surface area contributed by atoms with Crippen molar-refractivity contribution in [2.24, 2.45) is 0 Å². The van der Waals surface area contributed by atoms with Crippen molar-refractivity contribution >= 4 is 20.3 Å². The molecule has 39 heavy (non-hydrogen) atoms. The van der Waals surface area contributed by atoms with E-state index in [2.05, 4.69) is 33.9 Å². The molecule has 0 aliphatic carbocycles. The molecule has 0 amide bonds. The van der Waals surface area contributed by atoms with E-state index in [9.17, 15) is 19.8 Å². The van der Waals surface area contributed by atoms with Gasteiger partial charge in [-0.15, -0.1) is 0 Å². The maximum Gasteiger partial charge on any atom is 0.306 e. The number of rotatable bonds is 16. The summed E-state index contributed by atoms with van der Waals surface area (Å²) in [5.74, 6) is -1.93. The van der Waals surface area contributed by atoms with Crippen molar-refractivity contribution in [2.75, 3.05) is 0 Å². The minimum absolute atomic E-state index is 0.104. The highest BCUT2D eigenvalue weighted by Gasteiger charge is 2.44. The Morgan fingerprint density at radius 1 is 0.718 bits per heavy atom. The van der Waals surface area contributed by atoms with Crippen LogP contribution in [-0.4, -0.2) is 47.8 Å². The summed E-state index contributed by atoms with van der Waals surface area (Å²) >= 11 is 0. The Morgan fingerprint density at radius 3 is 1.38 bits per heavy atom. The van der Waals surface area contributed by atoms with Crippen LogP contribution in [0.25, 0.3) is 0 Å². The molecular formula is C31H46O7Si. The maximum atomic E-state index is 11.9. The summed E-state index contributed by atoms with van der Waals surface area (Å²) in [5.41, 5.74) is -0.202. The lowest BCUT2D eigenvalue weighted by atomic mass is 9.87. The highest BCUT2D eigenvalue weighted by Crippen LogP contribution is 2.41. The van der Waals surface area contributed by atoms with Crippen molar-refractivity contribution in [3.8, 4) is 0 Å². The third kappa shape index (κ3) is 11.2. The monoisotopic (exact) mass is 558 g/mol. The Labute approximate surface area is 234 Å². The van der Waals surface area contributed by atoms with Gasteiger partial charge in [0.05, 0.1) is 43.4 Å². The van der Waals surface area contributed by atoms with Gasteiger partial charge in [-0.2, -0.15) is 0 Å². The van der Waals surface area contributed by atoms with Gasteiger partial charge in [0, 0.05) is 12.8 Å². The zero-order valence-corrected chi connectivity index (χ0v) is 25.5. The van der Waals surface area contributed by atoms with Gasteiger partial charge in [0.25, 0.3) is 0 Å². The van der Waals surface area contributed by atoms with E-state index in [0.717, 1.165) is 11.1 Å². The van der Waals surface area contributed by atoms with E-state index >= 15 is 0 Å². The fourth-order valence-electron chi connectivity index (χ4n) is 4.38. The maximum absolute atomic E-state index is 11.9. The minimum atomic E-state index is -2.33. The summed E-state index contributed by atoms with van der Waals surface area (Å²) in [6.45, 7) is 14.8. The second-order valence-electron chi connectivity index (χ2n) is 12.5.